The first-order valence-electron chi connectivity index (χ1n) is 8.35. The van der Waals surface area contributed by atoms with Gasteiger partial charge in [-0.3, -0.25) is 9.59 Å². The van der Waals surface area contributed by atoms with E-state index in [1.54, 1.807) is 4.90 Å². The zero-order valence-corrected chi connectivity index (χ0v) is 14.1. The third kappa shape index (κ3) is 4.98. The maximum absolute atomic E-state index is 12.2. The van der Waals surface area contributed by atoms with E-state index in [-0.39, 0.29) is 18.4 Å². The molecule has 1 aromatic rings. The van der Waals surface area contributed by atoms with Gasteiger partial charge in [-0.25, -0.2) is 0 Å². The van der Waals surface area contributed by atoms with E-state index in [0.29, 0.717) is 32.6 Å². The van der Waals surface area contributed by atoms with Gasteiger partial charge >= 0.3 is 0 Å². The highest BCUT2D eigenvalue weighted by atomic mass is 16.5. The molecule has 2 amide bonds. The maximum atomic E-state index is 12.2. The van der Waals surface area contributed by atoms with Crippen LogP contribution < -0.4 is 4.74 Å². The quantitative estimate of drug-likeness (QED) is 0.808. The Morgan fingerprint density at radius 3 is 2.26 bits per heavy atom. The van der Waals surface area contributed by atoms with Gasteiger partial charge in [0.1, 0.15) is 5.75 Å². The highest BCUT2D eigenvalue weighted by Crippen LogP contribution is 2.16. The number of unbranched alkanes of at least 4 members (excludes halogenated alkanes) is 1. The van der Waals surface area contributed by atoms with E-state index >= 15 is 0 Å². The first kappa shape index (κ1) is 17.3. The summed E-state index contributed by atoms with van der Waals surface area (Å²) in [5, 5.41) is 0. The van der Waals surface area contributed by atoms with E-state index in [1.165, 1.54) is 0 Å². The summed E-state index contributed by atoms with van der Waals surface area (Å²) in [6.45, 7) is 6.52. The monoisotopic (exact) mass is 318 g/mol. The molecule has 1 saturated heterocycles. The molecular weight excluding hydrogens is 292 g/mol. The normalized spacial score (nSPS) is 14.7. The van der Waals surface area contributed by atoms with Crippen molar-refractivity contribution in [3.63, 3.8) is 0 Å². The van der Waals surface area contributed by atoms with Gasteiger partial charge in [0.25, 0.3) is 5.91 Å². The summed E-state index contributed by atoms with van der Waals surface area (Å²) in [6, 6.07) is 7.67. The molecule has 0 bridgehead atoms. The third-order valence-electron chi connectivity index (χ3n) is 4.17. The van der Waals surface area contributed by atoms with Crippen molar-refractivity contribution in [1.29, 1.82) is 0 Å². The third-order valence-corrected chi connectivity index (χ3v) is 4.17. The number of carbonyl (C=O) groups excluding carboxylic acids is 2. The SMILES string of the molecule is CCCCC(=O)N1CCN(C(=O)COc2ccccc2C)CC1. The molecule has 1 aliphatic rings. The van der Waals surface area contributed by atoms with Crippen LogP contribution in [0.1, 0.15) is 31.7 Å². The molecule has 5 nitrogen and oxygen atoms in total. The topological polar surface area (TPSA) is 49.9 Å². The molecule has 0 spiro atoms. The molecule has 0 unspecified atom stereocenters. The van der Waals surface area contributed by atoms with E-state index in [2.05, 4.69) is 6.92 Å². The summed E-state index contributed by atoms with van der Waals surface area (Å²) in [5.41, 5.74) is 1.02. The van der Waals surface area contributed by atoms with E-state index < -0.39 is 0 Å². The van der Waals surface area contributed by atoms with Crippen LogP contribution in [0.5, 0.6) is 5.75 Å². The minimum atomic E-state index is -0.0195. The predicted molar refractivity (Wildman–Crippen MR) is 89.4 cm³/mol. The smallest absolute Gasteiger partial charge is 0.260 e. The van der Waals surface area contributed by atoms with E-state index in [0.717, 1.165) is 24.2 Å². The number of amides is 2. The van der Waals surface area contributed by atoms with Crippen LogP contribution in [0, 0.1) is 6.92 Å². The van der Waals surface area contributed by atoms with E-state index in [4.69, 9.17) is 4.74 Å². The lowest BCUT2D eigenvalue weighted by molar-refractivity contribution is -0.140. The summed E-state index contributed by atoms with van der Waals surface area (Å²) in [7, 11) is 0. The highest BCUT2D eigenvalue weighted by Gasteiger charge is 2.23. The molecule has 1 heterocycles. The van der Waals surface area contributed by atoms with Crippen molar-refractivity contribution in [1.82, 2.24) is 9.80 Å². The number of hydrogen-bond acceptors (Lipinski definition) is 3. The summed E-state index contributed by atoms with van der Waals surface area (Å²) in [4.78, 5) is 27.9. The van der Waals surface area contributed by atoms with Crippen LogP contribution in [0.4, 0.5) is 0 Å². The molecule has 0 atom stereocenters. The number of benzene rings is 1. The van der Waals surface area contributed by atoms with Crippen LogP contribution in [0.15, 0.2) is 24.3 Å². The number of ether oxygens (including phenoxy) is 1. The van der Waals surface area contributed by atoms with Crippen LogP contribution in [-0.2, 0) is 9.59 Å². The van der Waals surface area contributed by atoms with Gasteiger partial charge in [0.2, 0.25) is 5.91 Å². The molecule has 5 heteroatoms. The Morgan fingerprint density at radius 1 is 1.04 bits per heavy atom. The van der Waals surface area contributed by atoms with Gasteiger partial charge in [-0.05, 0) is 25.0 Å². The fourth-order valence-electron chi connectivity index (χ4n) is 2.64. The lowest BCUT2D eigenvalue weighted by Crippen LogP contribution is -2.51. The lowest BCUT2D eigenvalue weighted by atomic mass is 10.2. The van der Waals surface area contributed by atoms with Crippen LogP contribution in [0.25, 0.3) is 0 Å². The molecular formula is C18H26N2O3. The average Bonchev–Trinajstić information content (AvgIpc) is 2.59. The Balaban J connectivity index is 1.75. The fourth-order valence-corrected chi connectivity index (χ4v) is 2.64. The minimum absolute atomic E-state index is 0.0195. The number of nitrogens with zero attached hydrogens (tertiary/aromatic N) is 2. The minimum Gasteiger partial charge on any atom is -0.484 e. The summed E-state index contributed by atoms with van der Waals surface area (Å²) < 4.78 is 5.61. The zero-order chi connectivity index (χ0) is 16.7. The van der Waals surface area contributed by atoms with Gasteiger partial charge < -0.3 is 14.5 Å². The van der Waals surface area contributed by atoms with Gasteiger partial charge in [0, 0.05) is 32.6 Å². The van der Waals surface area contributed by atoms with Crippen LogP contribution in [0.2, 0.25) is 0 Å². The van der Waals surface area contributed by atoms with Crippen molar-refractivity contribution in [2.75, 3.05) is 32.8 Å². The summed E-state index contributed by atoms with van der Waals surface area (Å²) >= 11 is 0. The van der Waals surface area contributed by atoms with Gasteiger partial charge in [0.15, 0.2) is 6.61 Å². The van der Waals surface area contributed by atoms with E-state index in [1.807, 2.05) is 36.1 Å². The van der Waals surface area contributed by atoms with Crippen molar-refractivity contribution in [2.45, 2.75) is 33.1 Å². The molecule has 0 aliphatic carbocycles. The van der Waals surface area contributed by atoms with Gasteiger partial charge in [-0.15, -0.1) is 0 Å². The standard InChI is InChI=1S/C18H26N2O3/c1-3-4-9-17(21)19-10-12-20(13-11-19)18(22)14-23-16-8-6-5-7-15(16)2/h5-8H,3-4,9-14H2,1-2H3. The van der Waals surface area contributed by atoms with Crippen LogP contribution in [-0.4, -0.2) is 54.4 Å². The first-order chi connectivity index (χ1) is 11.1. The number of rotatable bonds is 6. The van der Waals surface area contributed by atoms with E-state index in [9.17, 15) is 9.59 Å². The molecule has 2 rings (SSSR count). The molecule has 1 aliphatic heterocycles. The molecule has 126 valence electrons. The predicted octanol–water partition coefficient (Wildman–Crippen LogP) is 2.23. The highest BCUT2D eigenvalue weighted by molar-refractivity contribution is 5.79. The number of para-hydroxylation sites is 1. The number of aryl methyl sites for hydroxylation is 1. The lowest BCUT2D eigenvalue weighted by Gasteiger charge is -2.34. The Bertz CT molecular complexity index is 537. The van der Waals surface area contributed by atoms with Crippen molar-refractivity contribution in [3.05, 3.63) is 29.8 Å². The fraction of sp³-hybridized carbons (Fsp3) is 0.556. The van der Waals surface area contributed by atoms with Crippen molar-refractivity contribution in [3.8, 4) is 5.75 Å². The number of hydrogen-bond donors (Lipinski definition) is 0. The Labute approximate surface area is 138 Å². The maximum Gasteiger partial charge on any atom is 0.260 e. The number of piperazine rings is 1. The Morgan fingerprint density at radius 2 is 1.65 bits per heavy atom. The molecule has 1 fully saturated rings. The molecule has 1 aromatic carbocycles. The van der Waals surface area contributed by atoms with Crippen LogP contribution >= 0.6 is 0 Å². The molecule has 0 N–H and O–H groups in total. The Kier molecular flexibility index (Phi) is 6.44. The van der Waals surface area contributed by atoms with Crippen LogP contribution in [0.3, 0.4) is 0 Å². The summed E-state index contributed by atoms with van der Waals surface area (Å²) in [5.74, 6) is 0.929. The van der Waals surface area contributed by atoms with Crippen molar-refractivity contribution < 1.29 is 14.3 Å². The zero-order valence-electron chi connectivity index (χ0n) is 14.1. The first-order valence-corrected chi connectivity index (χ1v) is 8.35. The van der Waals surface area contributed by atoms with Crippen molar-refractivity contribution >= 4 is 11.8 Å². The van der Waals surface area contributed by atoms with Gasteiger partial charge in [-0.2, -0.15) is 0 Å². The molecule has 0 radical (unpaired) electrons. The molecule has 23 heavy (non-hydrogen) atoms. The Hall–Kier alpha value is -2.04. The van der Waals surface area contributed by atoms with Gasteiger partial charge in [-0.1, -0.05) is 31.5 Å². The second-order valence-corrected chi connectivity index (χ2v) is 5.92. The summed E-state index contributed by atoms with van der Waals surface area (Å²) in [6.07, 6.45) is 2.57. The second kappa shape index (κ2) is 8.56. The number of carbonyl (C=O) groups is 2. The average molecular weight is 318 g/mol. The van der Waals surface area contributed by atoms with Crippen molar-refractivity contribution in [2.24, 2.45) is 0 Å². The molecule has 0 saturated carbocycles. The molecule has 0 aromatic heterocycles. The van der Waals surface area contributed by atoms with Gasteiger partial charge in [0.05, 0.1) is 0 Å². The largest absolute Gasteiger partial charge is 0.484 e. The second-order valence-electron chi connectivity index (χ2n) is 5.92.